The van der Waals surface area contributed by atoms with Crippen LogP contribution in [0.1, 0.15) is 20.8 Å². The van der Waals surface area contributed by atoms with E-state index < -0.39 is 0 Å². The molecule has 0 saturated heterocycles. The first-order chi connectivity index (χ1) is 5.57. The molecule has 2 heteroatoms. The number of aliphatic hydroxyl groups excluding tert-OH is 1. The second-order valence-corrected chi connectivity index (χ2v) is 2.02. The Morgan fingerprint density at radius 3 is 2.00 bits per heavy atom. The van der Waals surface area contributed by atoms with E-state index in [4.69, 9.17) is 5.11 Å². The van der Waals surface area contributed by atoms with Crippen LogP contribution in [-0.2, 0) is 4.79 Å². The first-order valence-electron chi connectivity index (χ1n) is 3.78. The normalized spacial score (nSPS) is 9.42. The van der Waals surface area contributed by atoms with Crippen molar-refractivity contribution in [1.82, 2.24) is 0 Å². The monoisotopic (exact) mass is 168 g/mol. The molecular formula is C10H16O2. The topological polar surface area (TPSA) is 37.3 Å². The molecule has 0 aromatic rings. The zero-order valence-electron chi connectivity index (χ0n) is 7.92. The molecule has 0 saturated carbocycles. The van der Waals surface area contributed by atoms with Crippen molar-refractivity contribution >= 4 is 6.29 Å². The molecule has 1 N–H and O–H groups in total. The van der Waals surface area contributed by atoms with E-state index >= 15 is 0 Å². The molecule has 68 valence electrons. The van der Waals surface area contributed by atoms with Crippen molar-refractivity contribution in [2.24, 2.45) is 0 Å². The molecule has 0 unspecified atom stereocenters. The minimum Gasteiger partial charge on any atom is -0.507 e. The van der Waals surface area contributed by atoms with Crippen molar-refractivity contribution in [1.29, 1.82) is 0 Å². The van der Waals surface area contributed by atoms with E-state index in [-0.39, 0.29) is 11.3 Å². The van der Waals surface area contributed by atoms with Crippen molar-refractivity contribution in [2.45, 2.75) is 20.8 Å². The Kier molecular flexibility index (Phi) is 8.63. The van der Waals surface area contributed by atoms with E-state index in [2.05, 4.69) is 13.2 Å². The van der Waals surface area contributed by atoms with Crippen molar-refractivity contribution in [2.75, 3.05) is 0 Å². The van der Waals surface area contributed by atoms with E-state index in [0.717, 1.165) is 0 Å². The van der Waals surface area contributed by atoms with E-state index in [1.807, 2.05) is 13.8 Å². The Balaban J connectivity index is 0. The third-order valence-corrected chi connectivity index (χ3v) is 0.854. The maximum absolute atomic E-state index is 10.00. The van der Waals surface area contributed by atoms with Crippen LogP contribution in [0.25, 0.3) is 0 Å². The molecular weight excluding hydrogens is 152 g/mol. The summed E-state index contributed by atoms with van der Waals surface area (Å²) in [4.78, 5) is 10.00. The van der Waals surface area contributed by atoms with Crippen LogP contribution in [0.4, 0.5) is 0 Å². The predicted octanol–water partition coefficient (Wildman–Crippen LogP) is 2.79. The van der Waals surface area contributed by atoms with Gasteiger partial charge in [0.1, 0.15) is 5.76 Å². The van der Waals surface area contributed by atoms with Crippen LogP contribution in [0.2, 0.25) is 0 Å². The molecule has 2 nitrogen and oxygen atoms in total. The summed E-state index contributed by atoms with van der Waals surface area (Å²) in [7, 11) is 0. The van der Waals surface area contributed by atoms with Crippen LogP contribution in [0, 0.1) is 0 Å². The van der Waals surface area contributed by atoms with Gasteiger partial charge < -0.3 is 5.11 Å². The molecule has 12 heavy (non-hydrogen) atoms. The van der Waals surface area contributed by atoms with Crippen LogP contribution >= 0.6 is 0 Å². The molecule has 0 fully saturated rings. The van der Waals surface area contributed by atoms with Gasteiger partial charge in [0.2, 0.25) is 0 Å². The van der Waals surface area contributed by atoms with Crippen molar-refractivity contribution in [3.05, 3.63) is 36.1 Å². The smallest absolute Gasteiger partial charge is 0.153 e. The number of hydrogen-bond acceptors (Lipinski definition) is 2. The Bertz CT molecular complexity index is 200. The Morgan fingerprint density at radius 2 is 1.75 bits per heavy atom. The summed E-state index contributed by atoms with van der Waals surface area (Å²) in [5.41, 5.74) is 0.753. The highest BCUT2D eigenvalue weighted by molar-refractivity contribution is 5.78. The molecule has 0 atom stereocenters. The van der Waals surface area contributed by atoms with Gasteiger partial charge in [-0.15, -0.1) is 0 Å². The fraction of sp³-hybridized carbons (Fsp3) is 0.300. The first-order valence-corrected chi connectivity index (χ1v) is 3.78. The number of hydrogen-bond donors (Lipinski definition) is 1. The van der Waals surface area contributed by atoms with Crippen LogP contribution in [0.15, 0.2) is 36.1 Å². The summed E-state index contributed by atoms with van der Waals surface area (Å²) >= 11 is 0. The highest BCUT2D eigenvalue weighted by Gasteiger charge is 1.95. The SMILES string of the molecule is C=C(C)/C=C(/O)C(=C)C=O.CC. The minimum absolute atomic E-state index is 0.0722. The zero-order chi connectivity index (χ0) is 10.1. The van der Waals surface area contributed by atoms with Crippen LogP contribution in [0.3, 0.4) is 0 Å². The van der Waals surface area contributed by atoms with Gasteiger partial charge in [-0.2, -0.15) is 0 Å². The number of aldehydes is 1. The number of allylic oxidation sites excluding steroid dienone is 3. The summed E-state index contributed by atoms with van der Waals surface area (Å²) in [6, 6.07) is 0. The lowest BCUT2D eigenvalue weighted by Gasteiger charge is -1.94. The van der Waals surface area contributed by atoms with Gasteiger partial charge in [-0.05, 0) is 13.0 Å². The van der Waals surface area contributed by atoms with Crippen molar-refractivity contribution < 1.29 is 9.90 Å². The number of rotatable bonds is 3. The summed E-state index contributed by atoms with van der Waals surface area (Å²) < 4.78 is 0. The molecule has 0 bridgehead atoms. The molecule has 0 amide bonds. The van der Waals surface area contributed by atoms with E-state index in [1.165, 1.54) is 6.08 Å². The number of carbonyl (C=O) groups is 1. The van der Waals surface area contributed by atoms with Crippen LogP contribution in [-0.4, -0.2) is 11.4 Å². The number of aliphatic hydroxyl groups is 1. The maximum atomic E-state index is 10.00. The first kappa shape index (κ1) is 13.3. The maximum Gasteiger partial charge on any atom is 0.153 e. The summed E-state index contributed by atoms with van der Waals surface area (Å²) in [6.45, 7) is 12.5. The summed E-state index contributed by atoms with van der Waals surface area (Å²) in [5.74, 6) is -0.123. The Labute approximate surface area is 73.9 Å². The largest absolute Gasteiger partial charge is 0.507 e. The van der Waals surface area contributed by atoms with Gasteiger partial charge in [0, 0.05) is 5.57 Å². The molecule has 0 aromatic heterocycles. The van der Waals surface area contributed by atoms with Gasteiger partial charge in [0.15, 0.2) is 6.29 Å². The molecule has 0 rings (SSSR count). The lowest BCUT2D eigenvalue weighted by atomic mass is 10.2. The lowest BCUT2D eigenvalue weighted by Crippen LogP contribution is -1.87. The molecule has 0 heterocycles. The fourth-order valence-electron chi connectivity index (χ4n) is 0.386. The zero-order valence-corrected chi connectivity index (χ0v) is 7.92. The van der Waals surface area contributed by atoms with Gasteiger partial charge >= 0.3 is 0 Å². The summed E-state index contributed by atoms with van der Waals surface area (Å²) in [5, 5.41) is 8.96. The van der Waals surface area contributed by atoms with Crippen molar-refractivity contribution in [3.63, 3.8) is 0 Å². The van der Waals surface area contributed by atoms with Crippen LogP contribution in [0.5, 0.6) is 0 Å². The standard InChI is InChI=1S/C8H10O2.C2H6/c1-6(2)4-8(10)7(3)5-9;1-2/h4-5,10H,1,3H2,2H3;1-2H3/b8-4+;. The second kappa shape index (κ2) is 7.79. The second-order valence-electron chi connectivity index (χ2n) is 2.02. The minimum atomic E-state index is -0.123. The summed E-state index contributed by atoms with van der Waals surface area (Å²) in [6.07, 6.45) is 1.88. The van der Waals surface area contributed by atoms with Gasteiger partial charge in [-0.1, -0.05) is 32.6 Å². The lowest BCUT2D eigenvalue weighted by molar-refractivity contribution is -0.104. The average Bonchev–Trinajstić information content (AvgIpc) is 2.05. The Morgan fingerprint density at radius 1 is 1.33 bits per heavy atom. The van der Waals surface area contributed by atoms with Gasteiger partial charge in [-0.3, -0.25) is 4.79 Å². The van der Waals surface area contributed by atoms with E-state index in [0.29, 0.717) is 11.9 Å². The highest BCUT2D eigenvalue weighted by Crippen LogP contribution is 2.03. The highest BCUT2D eigenvalue weighted by atomic mass is 16.3. The molecule has 0 aliphatic heterocycles. The van der Waals surface area contributed by atoms with E-state index in [9.17, 15) is 4.79 Å². The van der Waals surface area contributed by atoms with Crippen molar-refractivity contribution in [3.8, 4) is 0 Å². The van der Waals surface area contributed by atoms with E-state index in [1.54, 1.807) is 6.92 Å². The Hall–Kier alpha value is -1.31. The fourth-order valence-corrected chi connectivity index (χ4v) is 0.386. The third kappa shape index (κ3) is 6.81. The average molecular weight is 168 g/mol. The molecule has 0 aromatic carbocycles. The van der Waals surface area contributed by atoms with Crippen LogP contribution < -0.4 is 0 Å². The number of carbonyl (C=O) groups excluding carboxylic acids is 1. The molecule has 0 spiro atoms. The molecule has 0 radical (unpaired) electrons. The predicted molar refractivity (Wildman–Crippen MR) is 52.1 cm³/mol. The van der Waals surface area contributed by atoms with Gasteiger partial charge in [0.25, 0.3) is 0 Å². The molecule has 0 aliphatic carbocycles. The quantitative estimate of drug-likeness (QED) is 0.304. The van der Waals surface area contributed by atoms with Gasteiger partial charge in [-0.25, -0.2) is 0 Å². The third-order valence-electron chi connectivity index (χ3n) is 0.854. The van der Waals surface area contributed by atoms with Gasteiger partial charge in [0.05, 0.1) is 0 Å². The molecule has 0 aliphatic rings.